The fourth-order valence-electron chi connectivity index (χ4n) is 4.02. The minimum Gasteiger partial charge on any atom is -0.493 e. The van der Waals surface area contributed by atoms with Gasteiger partial charge >= 0.3 is 0 Å². The van der Waals surface area contributed by atoms with E-state index < -0.39 is 6.04 Å². The fourth-order valence-corrected chi connectivity index (χ4v) is 4.83. The van der Waals surface area contributed by atoms with Gasteiger partial charge in [-0.15, -0.1) is 11.3 Å². The highest BCUT2D eigenvalue weighted by molar-refractivity contribution is 7.10. The number of ether oxygens (including phenoxy) is 3. The van der Waals surface area contributed by atoms with Crippen LogP contribution in [-0.4, -0.2) is 45.3 Å². The Morgan fingerprint density at radius 1 is 1.09 bits per heavy atom. The number of carbonyl (C=O) groups is 2. The number of hydrogen-bond donors (Lipinski definition) is 1. The molecule has 1 fully saturated rings. The summed E-state index contributed by atoms with van der Waals surface area (Å²) in [6.45, 7) is 1.12. The minimum absolute atomic E-state index is 0.000313. The van der Waals surface area contributed by atoms with Gasteiger partial charge in [-0.3, -0.25) is 14.5 Å². The third-order valence-electron chi connectivity index (χ3n) is 5.73. The molecule has 0 unspecified atom stereocenters. The average molecular weight is 481 g/mol. The Morgan fingerprint density at radius 3 is 2.53 bits per heavy atom. The summed E-state index contributed by atoms with van der Waals surface area (Å²) in [6, 6.07) is 17.1. The molecule has 2 heterocycles. The molecule has 0 radical (unpaired) electrons. The molecule has 0 aliphatic carbocycles. The van der Waals surface area contributed by atoms with E-state index in [2.05, 4.69) is 5.32 Å². The van der Waals surface area contributed by atoms with Gasteiger partial charge in [-0.25, -0.2) is 0 Å². The lowest BCUT2D eigenvalue weighted by Crippen LogP contribution is -2.45. The highest BCUT2D eigenvalue weighted by atomic mass is 32.1. The number of anilines is 1. The van der Waals surface area contributed by atoms with Crippen molar-refractivity contribution in [1.29, 1.82) is 0 Å². The summed E-state index contributed by atoms with van der Waals surface area (Å²) in [5, 5.41) is 4.92. The molecule has 0 saturated carbocycles. The topological polar surface area (TPSA) is 77.1 Å². The molecule has 0 spiro atoms. The molecule has 1 aliphatic rings. The van der Waals surface area contributed by atoms with Crippen molar-refractivity contribution in [2.45, 2.75) is 25.0 Å². The molecule has 1 N–H and O–H groups in total. The van der Waals surface area contributed by atoms with Crippen LogP contribution in [0.4, 0.5) is 5.69 Å². The van der Waals surface area contributed by atoms with Gasteiger partial charge in [-0.2, -0.15) is 0 Å². The third-order valence-corrected chi connectivity index (χ3v) is 6.66. The molecular weight excluding hydrogens is 452 g/mol. The first-order valence-electron chi connectivity index (χ1n) is 11.2. The van der Waals surface area contributed by atoms with Crippen molar-refractivity contribution in [2.75, 3.05) is 32.3 Å². The maximum absolute atomic E-state index is 13.9. The van der Waals surface area contributed by atoms with Crippen molar-refractivity contribution in [1.82, 2.24) is 5.32 Å². The Balaban J connectivity index is 1.72. The Kier molecular flexibility index (Phi) is 7.82. The summed E-state index contributed by atoms with van der Waals surface area (Å²) in [4.78, 5) is 29.8. The van der Waals surface area contributed by atoms with Crippen molar-refractivity contribution in [3.05, 3.63) is 76.5 Å². The van der Waals surface area contributed by atoms with Crippen molar-refractivity contribution < 1.29 is 23.8 Å². The van der Waals surface area contributed by atoms with Crippen molar-refractivity contribution in [3.8, 4) is 11.5 Å². The fraction of sp³-hybridized carbons (Fsp3) is 0.308. The van der Waals surface area contributed by atoms with Crippen LogP contribution in [0.1, 0.15) is 34.1 Å². The summed E-state index contributed by atoms with van der Waals surface area (Å²) in [5.74, 6) is 0.389. The van der Waals surface area contributed by atoms with E-state index in [0.717, 1.165) is 17.7 Å². The van der Waals surface area contributed by atoms with E-state index in [4.69, 9.17) is 14.2 Å². The van der Waals surface area contributed by atoms with Crippen LogP contribution in [0.15, 0.2) is 66.0 Å². The first kappa shape index (κ1) is 23.8. The van der Waals surface area contributed by atoms with E-state index in [9.17, 15) is 9.59 Å². The van der Waals surface area contributed by atoms with Gasteiger partial charge in [-0.1, -0.05) is 24.3 Å². The molecule has 178 valence electrons. The molecule has 2 amide bonds. The number of methoxy groups -OCH3 is 2. The molecule has 7 nitrogen and oxygen atoms in total. The highest BCUT2D eigenvalue weighted by Gasteiger charge is 2.35. The van der Waals surface area contributed by atoms with E-state index in [0.29, 0.717) is 35.9 Å². The van der Waals surface area contributed by atoms with Crippen LogP contribution in [0.25, 0.3) is 0 Å². The van der Waals surface area contributed by atoms with Gasteiger partial charge in [0.05, 0.1) is 20.3 Å². The predicted octanol–water partition coefficient (Wildman–Crippen LogP) is 4.45. The Hall–Kier alpha value is -3.36. The number of benzene rings is 2. The summed E-state index contributed by atoms with van der Waals surface area (Å²) in [6.07, 6.45) is 1.90. The maximum Gasteiger partial charge on any atom is 0.259 e. The third kappa shape index (κ3) is 5.24. The normalized spacial score (nSPS) is 16.0. The first-order valence-corrected chi connectivity index (χ1v) is 12.0. The molecule has 34 heavy (non-hydrogen) atoms. The van der Waals surface area contributed by atoms with Crippen molar-refractivity contribution in [2.24, 2.45) is 0 Å². The summed E-state index contributed by atoms with van der Waals surface area (Å²) in [5.41, 5.74) is 1.00. The maximum atomic E-state index is 13.9. The van der Waals surface area contributed by atoms with E-state index in [1.807, 2.05) is 47.8 Å². The second-order valence-corrected chi connectivity index (χ2v) is 8.86. The zero-order chi connectivity index (χ0) is 23.9. The SMILES string of the molecule is COc1ccc(C(=O)N(c2ccccc2)[C@@H](C(=O)NC[C@@H]2CCCO2)c2cccs2)cc1OC. The monoisotopic (exact) mass is 480 g/mol. The lowest BCUT2D eigenvalue weighted by molar-refractivity contribution is -0.122. The first-order chi connectivity index (χ1) is 16.6. The number of nitrogens with zero attached hydrogens (tertiary/aromatic N) is 1. The minimum atomic E-state index is -0.843. The molecule has 8 heteroatoms. The van der Waals surface area contributed by atoms with E-state index >= 15 is 0 Å². The molecule has 0 bridgehead atoms. The van der Waals surface area contributed by atoms with Gasteiger partial charge in [-0.05, 0) is 54.6 Å². The molecule has 1 aliphatic heterocycles. The second-order valence-electron chi connectivity index (χ2n) is 7.88. The largest absolute Gasteiger partial charge is 0.493 e. The molecule has 2 aromatic carbocycles. The molecule has 4 rings (SSSR count). The predicted molar refractivity (Wildman–Crippen MR) is 132 cm³/mol. The van der Waals surface area contributed by atoms with E-state index in [-0.39, 0.29) is 17.9 Å². The van der Waals surface area contributed by atoms with Gasteiger partial charge < -0.3 is 19.5 Å². The molecule has 1 saturated heterocycles. The smallest absolute Gasteiger partial charge is 0.259 e. The Bertz CT molecular complexity index is 1100. The van der Waals surface area contributed by atoms with Gasteiger partial charge in [0.15, 0.2) is 17.5 Å². The lowest BCUT2D eigenvalue weighted by atomic mass is 10.1. The number of thiophene rings is 1. The number of para-hydroxylation sites is 1. The van der Waals surface area contributed by atoms with Crippen LogP contribution >= 0.6 is 11.3 Å². The van der Waals surface area contributed by atoms with Gasteiger partial charge in [0.1, 0.15) is 0 Å². The van der Waals surface area contributed by atoms with Crippen molar-refractivity contribution >= 4 is 28.8 Å². The van der Waals surface area contributed by atoms with Crippen LogP contribution in [0.3, 0.4) is 0 Å². The Morgan fingerprint density at radius 2 is 1.88 bits per heavy atom. The van der Waals surface area contributed by atoms with Gasteiger partial charge in [0.25, 0.3) is 5.91 Å². The molecule has 3 aromatic rings. The second kappa shape index (κ2) is 11.2. The lowest BCUT2D eigenvalue weighted by Gasteiger charge is -2.31. The summed E-state index contributed by atoms with van der Waals surface area (Å²) < 4.78 is 16.4. The number of hydrogen-bond acceptors (Lipinski definition) is 6. The number of rotatable bonds is 9. The van der Waals surface area contributed by atoms with E-state index in [1.54, 1.807) is 25.3 Å². The van der Waals surface area contributed by atoms with Crippen molar-refractivity contribution in [3.63, 3.8) is 0 Å². The number of amides is 2. The average Bonchev–Trinajstić information content (AvgIpc) is 3.60. The highest BCUT2D eigenvalue weighted by Crippen LogP contribution is 2.34. The van der Waals surface area contributed by atoms with Gasteiger partial charge in [0.2, 0.25) is 5.91 Å². The standard InChI is InChI=1S/C26H28N2O5S/c1-31-21-13-12-18(16-22(21)32-2)26(30)28(19-8-4-3-5-9-19)24(23-11-7-15-34-23)25(29)27-17-20-10-6-14-33-20/h3-5,7-9,11-13,15-16,20,24H,6,10,14,17H2,1-2H3,(H,27,29)/t20-,24+/m0/s1. The van der Waals surface area contributed by atoms with E-state index in [1.165, 1.54) is 23.3 Å². The Labute approximate surface area is 203 Å². The van der Waals surface area contributed by atoms with Crippen LogP contribution in [-0.2, 0) is 9.53 Å². The summed E-state index contributed by atoms with van der Waals surface area (Å²) >= 11 is 1.44. The zero-order valence-corrected chi connectivity index (χ0v) is 20.0. The number of carbonyl (C=O) groups excluding carboxylic acids is 2. The molecule has 2 atom stereocenters. The summed E-state index contributed by atoms with van der Waals surface area (Å²) in [7, 11) is 3.06. The molecular formula is C26H28N2O5S. The van der Waals surface area contributed by atoms with Crippen LogP contribution in [0.5, 0.6) is 11.5 Å². The number of nitrogens with one attached hydrogen (secondary N) is 1. The zero-order valence-electron chi connectivity index (χ0n) is 19.2. The van der Waals surface area contributed by atoms with Crippen LogP contribution < -0.4 is 19.7 Å². The van der Waals surface area contributed by atoms with Crippen LogP contribution in [0, 0.1) is 0 Å². The van der Waals surface area contributed by atoms with Gasteiger partial charge in [0, 0.05) is 29.3 Å². The molecule has 1 aromatic heterocycles. The quantitative estimate of drug-likeness (QED) is 0.490. The van der Waals surface area contributed by atoms with Crippen LogP contribution in [0.2, 0.25) is 0 Å².